The van der Waals surface area contributed by atoms with Crippen LogP contribution in [0.15, 0.2) is 18.2 Å². The largest absolute Gasteiger partial charge is 0.490 e. The number of benzene rings is 1. The van der Waals surface area contributed by atoms with E-state index in [4.69, 9.17) is 4.74 Å². The van der Waals surface area contributed by atoms with E-state index in [0.717, 1.165) is 5.56 Å². The lowest BCUT2D eigenvalue weighted by molar-refractivity contribution is -0.00603. The van der Waals surface area contributed by atoms with Crippen LogP contribution in [-0.2, 0) is 17.9 Å². The Kier molecular flexibility index (Phi) is 3.86. The number of fused-ring (bicyclic) bond motifs is 3. The third kappa shape index (κ3) is 2.58. The molecule has 1 unspecified atom stereocenters. The maximum atomic E-state index is 14.6. The quantitative estimate of drug-likeness (QED) is 0.738. The fourth-order valence-corrected chi connectivity index (χ4v) is 5.15. The standard InChI is InChI=1S/C22H23F2N5O3/c1-11-15(30)8-29(11)19-25-17(13-5-6-22(23,24)18(13)26-19)12-3-4-14-16(7-12)32-10-21(14)9-28(2)20(31)27-21/h3-4,7,11,15,30H,5-6,8-10H2,1-2H3,(H,27,31)/t11-,15+,21?/m0/s1. The van der Waals surface area contributed by atoms with E-state index in [-0.39, 0.29) is 36.6 Å². The first-order valence-electron chi connectivity index (χ1n) is 10.7. The van der Waals surface area contributed by atoms with Crippen molar-refractivity contribution in [3.63, 3.8) is 0 Å². The van der Waals surface area contributed by atoms with Crippen LogP contribution in [0.5, 0.6) is 5.75 Å². The molecule has 8 nitrogen and oxygen atoms in total. The summed E-state index contributed by atoms with van der Waals surface area (Å²) in [7, 11) is 1.73. The Morgan fingerprint density at radius 1 is 1.31 bits per heavy atom. The number of nitrogens with one attached hydrogen (secondary N) is 1. The van der Waals surface area contributed by atoms with Gasteiger partial charge in [0.25, 0.3) is 5.92 Å². The molecule has 10 heteroatoms. The van der Waals surface area contributed by atoms with Crippen LogP contribution < -0.4 is 15.0 Å². The molecule has 0 saturated carbocycles. The van der Waals surface area contributed by atoms with Crippen molar-refractivity contribution in [2.75, 3.05) is 31.6 Å². The Bertz CT molecular complexity index is 1160. The average molecular weight is 443 g/mol. The lowest BCUT2D eigenvalue weighted by Crippen LogP contribution is -2.59. The number of aliphatic hydroxyl groups excluding tert-OH is 1. The highest BCUT2D eigenvalue weighted by Gasteiger charge is 2.49. The van der Waals surface area contributed by atoms with E-state index in [0.29, 0.717) is 42.3 Å². The van der Waals surface area contributed by atoms with Gasteiger partial charge in [0.15, 0.2) is 0 Å². The summed E-state index contributed by atoms with van der Waals surface area (Å²) >= 11 is 0. The minimum atomic E-state index is -3.01. The molecule has 4 aliphatic rings. The minimum Gasteiger partial charge on any atom is -0.490 e. The fourth-order valence-electron chi connectivity index (χ4n) is 5.15. The number of nitrogens with zero attached hydrogens (tertiary/aromatic N) is 4. The number of aromatic nitrogens is 2. The number of anilines is 1. The molecule has 2 aromatic rings. The Hall–Kier alpha value is -3.01. The first-order valence-corrected chi connectivity index (χ1v) is 10.7. The molecule has 2 N–H and O–H groups in total. The molecule has 1 spiro atoms. The molecule has 6 rings (SSSR count). The predicted molar refractivity (Wildman–Crippen MR) is 111 cm³/mol. The van der Waals surface area contributed by atoms with Crippen LogP contribution in [0.1, 0.15) is 30.2 Å². The van der Waals surface area contributed by atoms with E-state index < -0.39 is 17.6 Å². The second kappa shape index (κ2) is 6.28. The summed E-state index contributed by atoms with van der Waals surface area (Å²) in [6.07, 6.45) is -0.631. The number of likely N-dealkylation sites (N-methyl/N-ethyl adjacent to an activating group) is 1. The van der Waals surface area contributed by atoms with Gasteiger partial charge in [0.1, 0.15) is 23.6 Å². The van der Waals surface area contributed by atoms with Crippen LogP contribution in [0, 0.1) is 0 Å². The smallest absolute Gasteiger partial charge is 0.318 e. The third-order valence-corrected chi connectivity index (χ3v) is 7.16. The molecule has 2 amide bonds. The lowest BCUT2D eigenvalue weighted by Gasteiger charge is -2.43. The second-order valence-electron chi connectivity index (χ2n) is 9.23. The first-order chi connectivity index (χ1) is 15.2. The number of β-amino-alcohol motifs (C(OH)–C–C–N with tert-alkyl or cyclic N) is 1. The predicted octanol–water partition coefficient (Wildman–Crippen LogP) is 1.99. The molecule has 3 atom stereocenters. The van der Waals surface area contributed by atoms with Crippen LogP contribution in [0.25, 0.3) is 11.3 Å². The molecule has 3 aliphatic heterocycles. The van der Waals surface area contributed by atoms with Crippen LogP contribution in [0.4, 0.5) is 19.5 Å². The molecular formula is C22H23F2N5O3. The van der Waals surface area contributed by atoms with Crippen molar-refractivity contribution in [3.05, 3.63) is 35.0 Å². The fraction of sp³-hybridized carbons (Fsp3) is 0.500. The summed E-state index contributed by atoms with van der Waals surface area (Å²) in [5.74, 6) is -2.19. The Morgan fingerprint density at radius 2 is 2.12 bits per heavy atom. The van der Waals surface area contributed by atoms with Gasteiger partial charge in [-0.2, -0.15) is 8.78 Å². The van der Waals surface area contributed by atoms with Gasteiger partial charge in [0, 0.05) is 36.7 Å². The molecule has 4 heterocycles. The monoisotopic (exact) mass is 443 g/mol. The van der Waals surface area contributed by atoms with Gasteiger partial charge in [0.05, 0.1) is 24.4 Å². The topological polar surface area (TPSA) is 90.8 Å². The van der Waals surface area contributed by atoms with Crippen molar-refractivity contribution in [2.45, 2.75) is 43.4 Å². The van der Waals surface area contributed by atoms with Gasteiger partial charge in [-0.25, -0.2) is 14.8 Å². The number of hydrogen-bond acceptors (Lipinski definition) is 6. The van der Waals surface area contributed by atoms with Gasteiger partial charge in [-0.15, -0.1) is 0 Å². The molecule has 1 aromatic carbocycles. The number of ether oxygens (including phenoxy) is 1. The molecule has 0 bridgehead atoms. The number of aliphatic hydroxyl groups is 1. The molecular weight excluding hydrogens is 420 g/mol. The number of hydrogen-bond donors (Lipinski definition) is 2. The van der Waals surface area contributed by atoms with E-state index in [1.165, 1.54) is 0 Å². The normalized spacial score (nSPS) is 29.6. The molecule has 2 saturated heterocycles. The number of alkyl halides is 2. The molecule has 32 heavy (non-hydrogen) atoms. The summed E-state index contributed by atoms with van der Waals surface area (Å²) in [5.41, 5.74) is 1.63. The van der Waals surface area contributed by atoms with Crippen LogP contribution in [-0.4, -0.2) is 64.9 Å². The van der Waals surface area contributed by atoms with E-state index in [2.05, 4.69) is 15.3 Å². The summed E-state index contributed by atoms with van der Waals surface area (Å²) in [6, 6.07) is 5.15. The van der Waals surface area contributed by atoms with Gasteiger partial charge in [-0.1, -0.05) is 12.1 Å². The summed E-state index contributed by atoms with van der Waals surface area (Å²) in [5, 5.41) is 12.9. The van der Waals surface area contributed by atoms with E-state index in [1.807, 2.05) is 25.1 Å². The zero-order chi connectivity index (χ0) is 22.4. The van der Waals surface area contributed by atoms with Gasteiger partial charge < -0.3 is 25.0 Å². The SMILES string of the molecule is C[C@H]1[C@H](O)CN1c1nc(-c2ccc3c(c2)OCC32CN(C)C(=O)N2)c2c(n1)C(F)(F)CC2. The lowest BCUT2D eigenvalue weighted by atomic mass is 9.91. The molecule has 1 aliphatic carbocycles. The number of rotatable bonds is 2. The van der Waals surface area contributed by atoms with E-state index in [9.17, 15) is 18.7 Å². The van der Waals surface area contributed by atoms with E-state index >= 15 is 0 Å². The van der Waals surface area contributed by atoms with Crippen molar-refractivity contribution >= 4 is 12.0 Å². The van der Waals surface area contributed by atoms with Crippen molar-refractivity contribution in [3.8, 4) is 17.0 Å². The summed E-state index contributed by atoms with van der Waals surface area (Å²) < 4.78 is 35.2. The Morgan fingerprint density at radius 3 is 2.81 bits per heavy atom. The highest BCUT2D eigenvalue weighted by Crippen LogP contribution is 2.47. The summed E-state index contributed by atoms with van der Waals surface area (Å²) in [4.78, 5) is 24.3. The maximum Gasteiger partial charge on any atom is 0.318 e. The van der Waals surface area contributed by atoms with Crippen molar-refractivity contribution in [2.24, 2.45) is 0 Å². The average Bonchev–Trinajstić information content (AvgIpc) is 3.38. The highest BCUT2D eigenvalue weighted by molar-refractivity contribution is 5.79. The van der Waals surface area contributed by atoms with E-state index in [1.54, 1.807) is 16.8 Å². The van der Waals surface area contributed by atoms with Crippen LogP contribution in [0.2, 0.25) is 0 Å². The summed E-state index contributed by atoms with van der Waals surface area (Å²) in [6.45, 7) is 2.94. The van der Waals surface area contributed by atoms with Crippen molar-refractivity contribution in [1.29, 1.82) is 0 Å². The minimum absolute atomic E-state index is 0.156. The zero-order valence-corrected chi connectivity index (χ0v) is 17.7. The third-order valence-electron chi connectivity index (χ3n) is 7.16. The molecule has 2 fully saturated rings. The van der Waals surface area contributed by atoms with Crippen molar-refractivity contribution in [1.82, 2.24) is 20.2 Å². The van der Waals surface area contributed by atoms with Crippen LogP contribution >= 0.6 is 0 Å². The molecule has 1 aromatic heterocycles. The molecule has 168 valence electrons. The molecule has 0 radical (unpaired) electrons. The first kappa shape index (κ1) is 19.7. The number of carbonyl (C=O) groups is 1. The van der Waals surface area contributed by atoms with Gasteiger partial charge in [-0.3, -0.25) is 0 Å². The van der Waals surface area contributed by atoms with Crippen molar-refractivity contribution < 1.29 is 23.4 Å². The number of halogens is 2. The number of amides is 2. The van der Waals surface area contributed by atoms with Gasteiger partial charge >= 0.3 is 6.03 Å². The van der Waals surface area contributed by atoms with Gasteiger partial charge in [0.2, 0.25) is 5.95 Å². The zero-order valence-electron chi connectivity index (χ0n) is 17.7. The van der Waals surface area contributed by atoms with Crippen LogP contribution in [0.3, 0.4) is 0 Å². The van der Waals surface area contributed by atoms with Gasteiger partial charge in [-0.05, 0) is 19.4 Å². The Balaban J connectivity index is 1.44. The second-order valence-corrected chi connectivity index (χ2v) is 9.23. The Labute approximate surface area is 183 Å². The number of urea groups is 1. The highest BCUT2D eigenvalue weighted by atomic mass is 19.3. The maximum absolute atomic E-state index is 14.6. The number of carbonyl (C=O) groups excluding carboxylic acids is 1.